The number of benzene rings is 2. The van der Waals surface area contributed by atoms with Crippen molar-refractivity contribution in [2.24, 2.45) is 0 Å². The number of aryl methyl sites for hydroxylation is 1. The van der Waals surface area contributed by atoms with Crippen molar-refractivity contribution in [3.8, 4) is 11.5 Å². The van der Waals surface area contributed by atoms with Crippen molar-refractivity contribution in [2.45, 2.75) is 12.8 Å². The highest BCUT2D eigenvalue weighted by molar-refractivity contribution is 5.61. The fourth-order valence-electron chi connectivity index (χ4n) is 3.41. The van der Waals surface area contributed by atoms with Crippen molar-refractivity contribution in [3.63, 3.8) is 0 Å². The minimum Gasteiger partial charge on any atom is -0.497 e. The predicted molar refractivity (Wildman–Crippen MR) is 103 cm³/mol. The third kappa shape index (κ3) is 4.67. The summed E-state index contributed by atoms with van der Waals surface area (Å²) in [6, 6.07) is 16.8. The van der Waals surface area contributed by atoms with E-state index < -0.39 is 0 Å². The maximum absolute atomic E-state index is 5.55. The smallest absolute Gasteiger partial charge is 0.145 e. The Bertz CT molecular complexity index is 652. The highest BCUT2D eigenvalue weighted by Gasteiger charge is 2.19. The first-order valence-corrected chi connectivity index (χ1v) is 9.03. The molecule has 0 N–H and O–H groups in total. The lowest BCUT2D eigenvalue weighted by atomic mass is 10.1. The van der Waals surface area contributed by atoms with Crippen LogP contribution >= 0.6 is 0 Å². The van der Waals surface area contributed by atoms with Crippen molar-refractivity contribution >= 4 is 5.69 Å². The third-order valence-corrected chi connectivity index (χ3v) is 4.88. The quantitative estimate of drug-likeness (QED) is 0.771. The van der Waals surface area contributed by atoms with Gasteiger partial charge in [-0.25, -0.2) is 0 Å². The summed E-state index contributed by atoms with van der Waals surface area (Å²) in [6.45, 7) is 5.44. The van der Waals surface area contributed by atoms with E-state index in [0.717, 1.165) is 49.8 Å². The average Bonchev–Trinajstić information content (AvgIpc) is 2.69. The van der Waals surface area contributed by atoms with Gasteiger partial charge in [0.2, 0.25) is 0 Å². The number of rotatable bonds is 7. The first-order valence-electron chi connectivity index (χ1n) is 9.03. The van der Waals surface area contributed by atoms with Crippen LogP contribution in [0.4, 0.5) is 5.69 Å². The molecule has 2 aromatic carbocycles. The van der Waals surface area contributed by atoms with Gasteiger partial charge in [-0.3, -0.25) is 4.90 Å². The number of nitrogens with zero attached hydrogens (tertiary/aromatic N) is 2. The van der Waals surface area contributed by atoms with E-state index in [0.29, 0.717) is 0 Å². The number of hydrogen-bond donors (Lipinski definition) is 0. The van der Waals surface area contributed by atoms with E-state index in [1.165, 1.54) is 18.5 Å². The number of piperazine rings is 1. The number of ether oxygens (including phenoxy) is 2. The van der Waals surface area contributed by atoms with Gasteiger partial charge in [-0.15, -0.1) is 0 Å². The Hall–Kier alpha value is -2.20. The highest BCUT2D eigenvalue weighted by Crippen LogP contribution is 2.32. The van der Waals surface area contributed by atoms with E-state index in [2.05, 4.69) is 46.2 Å². The molecule has 4 nitrogen and oxygen atoms in total. The van der Waals surface area contributed by atoms with E-state index in [9.17, 15) is 0 Å². The molecule has 0 amide bonds. The van der Waals surface area contributed by atoms with Gasteiger partial charge in [0, 0.05) is 32.2 Å². The summed E-state index contributed by atoms with van der Waals surface area (Å²) in [5, 5.41) is 0. The molecule has 1 aliphatic heterocycles. The van der Waals surface area contributed by atoms with Gasteiger partial charge < -0.3 is 14.4 Å². The van der Waals surface area contributed by atoms with Crippen LogP contribution in [0.15, 0.2) is 48.5 Å². The zero-order chi connectivity index (χ0) is 17.5. The summed E-state index contributed by atoms with van der Waals surface area (Å²) < 4.78 is 10.8. The van der Waals surface area contributed by atoms with Crippen molar-refractivity contribution in [3.05, 3.63) is 54.1 Å². The second-order valence-electron chi connectivity index (χ2n) is 6.46. The van der Waals surface area contributed by atoms with Crippen molar-refractivity contribution < 1.29 is 9.47 Å². The van der Waals surface area contributed by atoms with Gasteiger partial charge in [0.25, 0.3) is 0 Å². The summed E-state index contributed by atoms with van der Waals surface area (Å²) in [6.07, 6.45) is 2.38. The summed E-state index contributed by atoms with van der Waals surface area (Å²) >= 11 is 0. The van der Waals surface area contributed by atoms with Gasteiger partial charge >= 0.3 is 0 Å². The molecule has 0 bridgehead atoms. The highest BCUT2D eigenvalue weighted by atomic mass is 16.5. The monoisotopic (exact) mass is 340 g/mol. The zero-order valence-corrected chi connectivity index (χ0v) is 15.3. The maximum Gasteiger partial charge on any atom is 0.145 e. The SMILES string of the molecule is COc1ccc(N2CCN(CCCc3ccccc3)CC2)c(OC)c1. The molecule has 0 spiro atoms. The number of methoxy groups -OCH3 is 2. The second kappa shape index (κ2) is 8.77. The van der Waals surface area contributed by atoms with Crippen molar-refractivity contribution in [1.82, 2.24) is 4.90 Å². The van der Waals surface area contributed by atoms with Crippen LogP contribution in [-0.4, -0.2) is 51.8 Å². The second-order valence-corrected chi connectivity index (χ2v) is 6.46. The van der Waals surface area contributed by atoms with Gasteiger partial charge in [0.1, 0.15) is 11.5 Å². The summed E-state index contributed by atoms with van der Waals surface area (Å²) in [4.78, 5) is 4.97. The minimum atomic E-state index is 0.833. The zero-order valence-electron chi connectivity index (χ0n) is 15.3. The fourth-order valence-corrected chi connectivity index (χ4v) is 3.41. The molecule has 0 radical (unpaired) electrons. The molecule has 0 unspecified atom stereocenters. The van der Waals surface area contributed by atoms with Crippen LogP contribution in [0.3, 0.4) is 0 Å². The minimum absolute atomic E-state index is 0.833. The summed E-state index contributed by atoms with van der Waals surface area (Å²) in [7, 11) is 3.40. The normalized spacial score (nSPS) is 15.2. The number of anilines is 1. The largest absolute Gasteiger partial charge is 0.497 e. The summed E-state index contributed by atoms with van der Waals surface area (Å²) in [5.41, 5.74) is 2.59. The molecular formula is C21H28N2O2. The molecule has 0 aliphatic carbocycles. The van der Waals surface area contributed by atoms with E-state index in [1.807, 2.05) is 12.1 Å². The van der Waals surface area contributed by atoms with Crippen LogP contribution in [0.5, 0.6) is 11.5 Å². The first kappa shape index (κ1) is 17.6. The maximum atomic E-state index is 5.55. The van der Waals surface area contributed by atoms with E-state index in [4.69, 9.17) is 9.47 Å². The van der Waals surface area contributed by atoms with Crippen LogP contribution in [0.1, 0.15) is 12.0 Å². The molecule has 134 valence electrons. The topological polar surface area (TPSA) is 24.9 Å². The number of hydrogen-bond acceptors (Lipinski definition) is 4. The van der Waals surface area contributed by atoms with Gasteiger partial charge in [-0.2, -0.15) is 0 Å². The molecule has 25 heavy (non-hydrogen) atoms. The first-order chi connectivity index (χ1) is 12.3. The Balaban J connectivity index is 1.48. The molecule has 0 atom stereocenters. The van der Waals surface area contributed by atoms with Crippen LogP contribution in [0.2, 0.25) is 0 Å². The van der Waals surface area contributed by atoms with Crippen molar-refractivity contribution in [1.29, 1.82) is 0 Å². The molecule has 1 saturated heterocycles. The molecule has 3 rings (SSSR count). The van der Waals surface area contributed by atoms with Crippen LogP contribution in [0, 0.1) is 0 Å². The standard InChI is InChI=1S/C21H28N2O2/c1-24-19-10-11-20(21(17-19)25-2)23-15-13-22(14-16-23)12-6-9-18-7-4-3-5-8-18/h3-5,7-8,10-11,17H,6,9,12-16H2,1-2H3. The molecule has 1 aliphatic rings. The van der Waals surface area contributed by atoms with Crippen molar-refractivity contribution in [2.75, 3.05) is 51.8 Å². The molecule has 1 heterocycles. The van der Waals surface area contributed by atoms with E-state index >= 15 is 0 Å². The Morgan fingerprint density at radius 1 is 0.880 bits per heavy atom. The van der Waals surface area contributed by atoms with Gasteiger partial charge in [0.05, 0.1) is 19.9 Å². The van der Waals surface area contributed by atoms with E-state index in [1.54, 1.807) is 14.2 Å². The molecule has 4 heteroatoms. The van der Waals surface area contributed by atoms with Crippen LogP contribution in [-0.2, 0) is 6.42 Å². The lowest BCUT2D eigenvalue weighted by Crippen LogP contribution is -2.46. The lowest BCUT2D eigenvalue weighted by molar-refractivity contribution is 0.254. The Morgan fingerprint density at radius 3 is 2.32 bits per heavy atom. The predicted octanol–water partition coefficient (Wildman–Crippen LogP) is 3.46. The van der Waals surface area contributed by atoms with Gasteiger partial charge in [-0.05, 0) is 37.1 Å². The Morgan fingerprint density at radius 2 is 1.64 bits per heavy atom. The summed E-state index contributed by atoms with van der Waals surface area (Å²) in [5.74, 6) is 1.72. The molecule has 0 aromatic heterocycles. The van der Waals surface area contributed by atoms with Crippen LogP contribution < -0.4 is 14.4 Å². The molecular weight excluding hydrogens is 312 g/mol. The lowest BCUT2D eigenvalue weighted by Gasteiger charge is -2.36. The third-order valence-electron chi connectivity index (χ3n) is 4.88. The van der Waals surface area contributed by atoms with Gasteiger partial charge in [-0.1, -0.05) is 30.3 Å². The molecule has 2 aromatic rings. The molecule has 0 saturated carbocycles. The fraction of sp³-hybridized carbons (Fsp3) is 0.429. The Kier molecular flexibility index (Phi) is 6.18. The van der Waals surface area contributed by atoms with E-state index in [-0.39, 0.29) is 0 Å². The Labute approximate surface area is 151 Å². The van der Waals surface area contributed by atoms with Crippen LogP contribution in [0.25, 0.3) is 0 Å². The average molecular weight is 340 g/mol. The molecule has 1 fully saturated rings. The van der Waals surface area contributed by atoms with Gasteiger partial charge in [0.15, 0.2) is 0 Å².